The molecule has 0 unspecified atom stereocenters. The van der Waals surface area contributed by atoms with Crippen molar-refractivity contribution in [3.63, 3.8) is 0 Å². The molecule has 0 saturated heterocycles. The molecule has 0 atom stereocenters. The zero-order valence-electron chi connectivity index (χ0n) is 11.1. The van der Waals surface area contributed by atoms with E-state index in [1.165, 1.54) is 0 Å². The van der Waals surface area contributed by atoms with E-state index in [2.05, 4.69) is 5.32 Å². The van der Waals surface area contributed by atoms with E-state index in [-0.39, 0.29) is 0 Å². The molecule has 4 nitrogen and oxygen atoms in total. The molecular weight excluding hydrogens is 240 g/mol. The fourth-order valence-corrected chi connectivity index (χ4v) is 1.83. The number of rotatable bonds is 5. The van der Waals surface area contributed by atoms with Crippen molar-refractivity contribution in [2.45, 2.75) is 6.54 Å². The van der Waals surface area contributed by atoms with Gasteiger partial charge in [0.25, 0.3) is 0 Å². The van der Waals surface area contributed by atoms with Crippen molar-refractivity contribution in [1.29, 1.82) is 0 Å². The number of nitrogen functional groups attached to an aromatic ring is 1. The zero-order chi connectivity index (χ0) is 13.7. The maximum absolute atomic E-state index is 5.91. The van der Waals surface area contributed by atoms with Gasteiger partial charge >= 0.3 is 0 Å². The number of anilines is 2. The van der Waals surface area contributed by atoms with Crippen LogP contribution < -0.4 is 20.5 Å². The molecule has 0 aliphatic rings. The van der Waals surface area contributed by atoms with E-state index < -0.39 is 0 Å². The van der Waals surface area contributed by atoms with Crippen LogP contribution in [0.25, 0.3) is 0 Å². The molecule has 0 aliphatic carbocycles. The van der Waals surface area contributed by atoms with Gasteiger partial charge in [0.1, 0.15) is 11.5 Å². The molecule has 100 valence electrons. The minimum Gasteiger partial charge on any atom is -0.497 e. The highest BCUT2D eigenvalue weighted by molar-refractivity contribution is 5.60. The van der Waals surface area contributed by atoms with Crippen LogP contribution in [0, 0.1) is 0 Å². The Morgan fingerprint density at radius 2 is 1.84 bits per heavy atom. The molecule has 0 fully saturated rings. The normalized spacial score (nSPS) is 10.0. The van der Waals surface area contributed by atoms with Gasteiger partial charge in [0.15, 0.2) is 0 Å². The first-order valence-corrected chi connectivity index (χ1v) is 6.04. The topological polar surface area (TPSA) is 56.5 Å². The second kappa shape index (κ2) is 6.00. The molecule has 19 heavy (non-hydrogen) atoms. The second-order valence-electron chi connectivity index (χ2n) is 4.12. The molecule has 4 heteroatoms. The summed E-state index contributed by atoms with van der Waals surface area (Å²) < 4.78 is 10.5. The summed E-state index contributed by atoms with van der Waals surface area (Å²) in [5.41, 5.74) is 8.65. The predicted molar refractivity (Wildman–Crippen MR) is 77.7 cm³/mol. The molecule has 0 saturated carbocycles. The largest absolute Gasteiger partial charge is 0.497 e. The second-order valence-corrected chi connectivity index (χ2v) is 4.12. The number of benzene rings is 2. The fraction of sp³-hybridized carbons (Fsp3) is 0.200. The zero-order valence-corrected chi connectivity index (χ0v) is 11.1. The van der Waals surface area contributed by atoms with Gasteiger partial charge in [0, 0.05) is 18.3 Å². The van der Waals surface area contributed by atoms with Crippen molar-refractivity contribution in [3.05, 3.63) is 48.0 Å². The van der Waals surface area contributed by atoms with Gasteiger partial charge in [-0.1, -0.05) is 18.2 Å². The smallest absolute Gasteiger partial charge is 0.145 e. The monoisotopic (exact) mass is 258 g/mol. The van der Waals surface area contributed by atoms with Crippen LogP contribution >= 0.6 is 0 Å². The van der Waals surface area contributed by atoms with E-state index in [0.29, 0.717) is 6.54 Å². The Labute approximate surface area is 113 Å². The highest BCUT2D eigenvalue weighted by Gasteiger charge is 2.05. The Hall–Kier alpha value is -2.36. The number of ether oxygens (including phenoxy) is 2. The van der Waals surface area contributed by atoms with Crippen LogP contribution in [-0.4, -0.2) is 14.2 Å². The molecular formula is C15H18N2O2. The summed E-state index contributed by atoms with van der Waals surface area (Å²) in [6.45, 7) is 0.648. The van der Waals surface area contributed by atoms with Crippen molar-refractivity contribution >= 4 is 11.4 Å². The average molecular weight is 258 g/mol. The Balaban J connectivity index is 2.13. The number of nitrogens with two attached hydrogens (primary N) is 1. The maximum atomic E-state index is 5.91. The summed E-state index contributed by atoms with van der Waals surface area (Å²) in [6.07, 6.45) is 0. The first-order valence-electron chi connectivity index (χ1n) is 6.04. The number of hydrogen-bond donors (Lipinski definition) is 2. The summed E-state index contributed by atoms with van der Waals surface area (Å²) >= 11 is 0. The SMILES string of the molecule is COc1ccc(NCc2ccccc2N)c(OC)c1. The molecule has 3 N–H and O–H groups in total. The van der Waals surface area contributed by atoms with Gasteiger partial charge in [-0.2, -0.15) is 0 Å². The quantitative estimate of drug-likeness (QED) is 0.810. The number of nitrogens with one attached hydrogen (secondary N) is 1. The first-order chi connectivity index (χ1) is 9.24. The summed E-state index contributed by atoms with van der Waals surface area (Å²) in [5, 5.41) is 3.31. The molecule has 0 aliphatic heterocycles. The van der Waals surface area contributed by atoms with Crippen molar-refractivity contribution in [2.24, 2.45) is 0 Å². The standard InChI is InChI=1S/C15H18N2O2/c1-18-12-7-8-14(15(9-12)19-2)17-10-11-5-3-4-6-13(11)16/h3-9,17H,10,16H2,1-2H3. The van der Waals surface area contributed by atoms with Crippen LogP contribution in [0.5, 0.6) is 11.5 Å². The first kappa shape index (κ1) is 13.1. The minimum atomic E-state index is 0.648. The van der Waals surface area contributed by atoms with Gasteiger partial charge < -0.3 is 20.5 Å². The van der Waals surface area contributed by atoms with E-state index in [4.69, 9.17) is 15.2 Å². The lowest BCUT2D eigenvalue weighted by atomic mass is 10.2. The predicted octanol–water partition coefficient (Wildman–Crippen LogP) is 2.90. The lowest BCUT2D eigenvalue weighted by molar-refractivity contribution is 0.395. The van der Waals surface area contributed by atoms with Crippen LogP contribution in [0.1, 0.15) is 5.56 Å². The third-order valence-corrected chi connectivity index (χ3v) is 2.93. The summed E-state index contributed by atoms with van der Waals surface area (Å²) in [5.74, 6) is 1.51. The van der Waals surface area contributed by atoms with Crippen molar-refractivity contribution in [3.8, 4) is 11.5 Å². The average Bonchev–Trinajstić information content (AvgIpc) is 2.46. The molecule has 2 aromatic carbocycles. The molecule has 0 heterocycles. The summed E-state index contributed by atoms with van der Waals surface area (Å²) in [6, 6.07) is 13.4. The number of hydrogen-bond acceptors (Lipinski definition) is 4. The van der Waals surface area contributed by atoms with Crippen LogP contribution in [0.4, 0.5) is 11.4 Å². The van der Waals surface area contributed by atoms with Gasteiger partial charge in [0.05, 0.1) is 19.9 Å². The van der Waals surface area contributed by atoms with Gasteiger partial charge in [-0.05, 0) is 23.8 Å². The van der Waals surface area contributed by atoms with Crippen LogP contribution in [-0.2, 0) is 6.54 Å². The Kier molecular flexibility index (Phi) is 4.13. The van der Waals surface area contributed by atoms with Gasteiger partial charge in [-0.3, -0.25) is 0 Å². The van der Waals surface area contributed by atoms with Crippen molar-refractivity contribution in [2.75, 3.05) is 25.3 Å². The van der Waals surface area contributed by atoms with Gasteiger partial charge in [0.2, 0.25) is 0 Å². The van der Waals surface area contributed by atoms with Gasteiger partial charge in [-0.15, -0.1) is 0 Å². The molecule has 0 aromatic heterocycles. The summed E-state index contributed by atoms with van der Waals surface area (Å²) in [4.78, 5) is 0. The van der Waals surface area contributed by atoms with E-state index in [9.17, 15) is 0 Å². The Morgan fingerprint density at radius 1 is 1.05 bits per heavy atom. The molecule has 0 bridgehead atoms. The lowest BCUT2D eigenvalue weighted by Gasteiger charge is -2.13. The highest BCUT2D eigenvalue weighted by atomic mass is 16.5. The van der Waals surface area contributed by atoms with E-state index in [0.717, 1.165) is 28.4 Å². The number of para-hydroxylation sites is 1. The summed E-state index contributed by atoms with van der Waals surface area (Å²) in [7, 11) is 3.27. The number of methoxy groups -OCH3 is 2. The minimum absolute atomic E-state index is 0.648. The third-order valence-electron chi connectivity index (χ3n) is 2.93. The fourth-order valence-electron chi connectivity index (χ4n) is 1.83. The van der Waals surface area contributed by atoms with Crippen molar-refractivity contribution < 1.29 is 9.47 Å². The van der Waals surface area contributed by atoms with Gasteiger partial charge in [-0.25, -0.2) is 0 Å². The van der Waals surface area contributed by atoms with Crippen LogP contribution in [0.2, 0.25) is 0 Å². The highest BCUT2D eigenvalue weighted by Crippen LogP contribution is 2.29. The molecule has 0 amide bonds. The molecule has 0 spiro atoms. The van der Waals surface area contributed by atoms with Crippen LogP contribution in [0.3, 0.4) is 0 Å². The van der Waals surface area contributed by atoms with Crippen LogP contribution in [0.15, 0.2) is 42.5 Å². The van der Waals surface area contributed by atoms with E-state index >= 15 is 0 Å². The van der Waals surface area contributed by atoms with E-state index in [1.807, 2.05) is 42.5 Å². The Morgan fingerprint density at radius 3 is 2.53 bits per heavy atom. The maximum Gasteiger partial charge on any atom is 0.145 e. The molecule has 0 radical (unpaired) electrons. The molecule has 2 aromatic rings. The Bertz CT molecular complexity index is 556. The van der Waals surface area contributed by atoms with E-state index in [1.54, 1.807) is 14.2 Å². The lowest BCUT2D eigenvalue weighted by Crippen LogP contribution is -2.04. The molecule has 2 rings (SSSR count). The third kappa shape index (κ3) is 3.10. The van der Waals surface area contributed by atoms with Crippen molar-refractivity contribution in [1.82, 2.24) is 0 Å².